The van der Waals surface area contributed by atoms with E-state index in [1.807, 2.05) is 21.1 Å². The molecule has 66 heavy (non-hydrogen) atoms. The zero-order valence-electron chi connectivity index (χ0n) is 44.7. The number of esters is 1. The molecule has 2 unspecified atom stereocenters. The number of carbonyl (C=O) groups is 1. The molecule has 0 bridgehead atoms. The molecule has 2 atom stereocenters. The van der Waals surface area contributed by atoms with E-state index in [2.05, 4.69) is 38.2 Å². The second kappa shape index (κ2) is 50.4. The van der Waals surface area contributed by atoms with Crippen LogP contribution in [0.3, 0.4) is 0 Å². The van der Waals surface area contributed by atoms with E-state index >= 15 is 0 Å². The number of phosphoric ester groups is 1. The summed E-state index contributed by atoms with van der Waals surface area (Å²) in [4.78, 5) is 23.1. The minimum absolute atomic E-state index is 0.0902. The third-order valence-corrected chi connectivity index (χ3v) is 13.7. The highest BCUT2D eigenvalue weighted by atomic mass is 31.2. The number of hydrogen-bond donors (Lipinski definition) is 1. The summed E-state index contributed by atoms with van der Waals surface area (Å²) in [6.07, 6.45) is 60.9. The topological polar surface area (TPSA) is 91.3 Å². The molecule has 392 valence electrons. The molecule has 0 aliphatic carbocycles. The van der Waals surface area contributed by atoms with Gasteiger partial charge in [-0.2, -0.15) is 0 Å². The Morgan fingerprint density at radius 2 is 0.788 bits per heavy atom. The van der Waals surface area contributed by atoms with E-state index in [4.69, 9.17) is 18.5 Å². The highest BCUT2D eigenvalue weighted by Gasteiger charge is 2.26. The highest BCUT2D eigenvalue weighted by molar-refractivity contribution is 7.47. The van der Waals surface area contributed by atoms with Gasteiger partial charge in [0, 0.05) is 13.0 Å². The summed E-state index contributed by atoms with van der Waals surface area (Å²) < 4.78 is 35.2. The Hall–Kier alpha value is -1.02. The lowest BCUT2D eigenvalue weighted by atomic mass is 10.0. The van der Waals surface area contributed by atoms with Gasteiger partial charge in [-0.05, 0) is 64.2 Å². The summed E-state index contributed by atoms with van der Waals surface area (Å²) in [6, 6.07) is 0. The standard InChI is InChI=1S/C57H112NO7P/c1-6-8-10-12-14-16-18-20-22-24-26-27-28-29-30-31-32-34-36-38-40-42-44-46-48-50-57(59)65-56(55-64-66(60,61)63-53-51-58(3,4)5)54-62-52-49-47-45-43-41-39-37-35-33-25-23-21-19-17-15-13-11-9-7-2/h23-26,56H,6-22,27-55H2,1-5H3/p+1/b25-23-,26-24-. The van der Waals surface area contributed by atoms with Crippen molar-refractivity contribution in [3.05, 3.63) is 24.3 Å². The molecule has 1 N–H and O–H groups in total. The van der Waals surface area contributed by atoms with Gasteiger partial charge in [0.25, 0.3) is 0 Å². The maximum Gasteiger partial charge on any atom is 0.472 e. The largest absolute Gasteiger partial charge is 0.472 e. The van der Waals surface area contributed by atoms with E-state index < -0.39 is 13.9 Å². The van der Waals surface area contributed by atoms with E-state index in [9.17, 15) is 14.3 Å². The summed E-state index contributed by atoms with van der Waals surface area (Å²) in [6.45, 7) is 5.67. The average Bonchev–Trinajstić information content (AvgIpc) is 3.28. The zero-order valence-corrected chi connectivity index (χ0v) is 45.6. The summed E-state index contributed by atoms with van der Waals surface area (Å²) in [5, 5.41) is 0. The molecular formula is C57H113NO7P+. The molecule has 0 aromatic heterocycles. The van der Waals surface area contributed by atoms with Gasteiger partial charge in [0.2, 0.25) is 0 Å². The Morgan fingerprint density at radius 1 is 0.455 bits per heavy atom. The number of quaternary nitrogens is 1. The van der Waals surface area contributed by atoms with Gasteiger partial charge in [0.15, 0.2) is 0 Å². The first-order valence-electron chi connectivity index (χ1n) is 28.6. The molecular weight excluding hydrogens is 842 g/mol. The van der Waals surface area contributed by atoms with Crippen molar-refractivity contribution >= 4 is 13.8 Å². The molecule has 8 nitrogen and oxygen atoms in total. The fourth-order valence-corrected chi connectivity index (χ4v) is 9.05. The van der Waals surface area contributed by atoms with Crippen LogP contribution in [0, 0.1) is 0 Å². The first-order valence-corrected chi connectivity index (χ1v) is 30.1. The van der Waals surface area contributed by atoms with Crippen molar-refractivity contribution in [1.29, 1.82) is 0 Å². The quantitative estimate of drug-likeness (QED) is 0.0213. The van der Waals surface area contributed by atoms with Crippen molar-refractivity contribution in [3.8, 4) is 0 Å². The Morgan fingerprint density at radius 3 is 1.15 bits per heavy atom. The predicted molar refractivity (Wildman–Crippen MR) is 284 cm³/mol. The van der Waals surface area contributed by atoms with Crippen LogP contribution in [0.4, 0.5) is 0 Å². The molecule has 0 amide bonds. The van der Waals surface area contributed by atoms with Crippen LogP contribution in [-0.2, 0) is 27.9 Å². The third-order valence-electron chi connectivity index (χ3n) is 12.7. The van der Waals surface area contributed by atoms with Crippen molar-refractivity contribution < 1.29 is 37.3 Å². The normalized spacial score (nSPS) is 13.6. The summed E-state index contributed by atoms with van der Waals surface area (Å²) >= 11 is 0. The van der Waals surface area contributed by atoms with Crippen LogP contribution >= 0.6 is 7.82 Å². The molecule has 0 radical (unpaired) electrons. The van der Waals surface area contributed by atoms with Gasteiger partial charge in [-0.15, -0.1) is 0 Å². The smallest absolute Gasteiger partial charge is 0.457 e. The van der Waals surface area contributed by atoms with Gasteiger partial charge in [0.1, 0.15) is 19.3 Å². The zero-order chi connectivity index (χ0) is 48.3. The minimum Gasteiger partial charge on any atom is -0.457 e. The molecule has 0 aromatic rings. The molecule has 0 aliphatic rings. The minimum atomic E-state index is -4.28. The van der Waals surface area contributed by atoms with Crippen LogP contribution < -0.4 is 0 Å². The number of unbranched alkanes of at least 4 members (excludes halogenated alkanes) is 36. The molecule has 0 spiro atoms. The van der Waals surface area contributed by atoms with Crippen LogP contribution in [0.5, 0.6) is 0 Å². The number of likely N-dealkylation sites (N-methyl/N-ethyl adjacent to an activating group) is 1. The van der Waals surface area contributed by atoms with Crippen molar-refractivity contribution in [2.45, 2.75) is 283 Å². The fourth-order valence-electron chi connectivity index (χ4n) is 8.31. The third kappa shape index (κ3) is 53.9. The number of carbonyl (C=O) groups excluding carboxylic acids is 1. The van der Waals surface area contributed by atoms with Crippen LogP contribution in [0.2, 0.25) is 0 Å². The van der Waals surface area contributed by atoms with Gasteiger partial charge in [0.05, 0.1) is 34.4 Å². The molecule has 9 heteroatoms. The molecule has 0 rings (SSSR count). The van der Waals surface area contributed by atoms with Crippen molar-refractivity contribution in [3.63, 3.8) is 0 Å². The Kier molecular flexibility index (Phi) is 49.6. The number of ether oxygens (including phenoxy) is 2. The van der Waals surface area contributed by atoms with E-state index in [-0.39, 0.29) is 25.8 Å². The van der Waals surface area contributed by atoms with Crippen molar-refractivity contribution in [1.82, 2.24) is 0 Å². The Bertz CT molecular complexity index is 1110. The van der Waals surface area contributed by atoms with Crippen LogP contribution in [0.15, 0.2) is 24.3 Å². The van der Waals surface area contributed by atoms with Gasteiger partial charge >= 0.3 is 13.8 Å². The predicted octanol–water partition coefficient (Wildman–Crippen LogP) is 17.9. The lowest BCUT2D eigenvalue weighted by molar-refractivity contribution is -0.870. The first kappa shape index (κ1) is 65.0. The first-order chi connectivity index (χ1) is 32.1. The number of nitrogens with zero attached hydrogens (tertiary/aromatic N) is 1. The number of allylic oxidation sites excluding steroid dienone is 4. The number of phosphoric acid groups is 1. The van der Waals surface area contributed by atoms with E-state index in [0.717, 1.165) is 32.1 Å². The Labute approximate surface area is 411 Å². The van der Waals surface area contributed by atoms with Crippen molar-refractivity contribution in [2.24, 2.45) is 0 Å². The van der Waals surface area contributed by atoms with Crippen LogP contribution in [0.1, 0.15) is 277 Å². The second-order valence-corrected chi connectivity index (χ2v) is 22.1. The average molecular weight is 956 g/mol. The maximum atomic E-state index is 12.8. The molecule has 0 heterocycles. The highest BCUT2D eigenvalue weighted by Crippen LogP contribution is 2.43. The second-order valence-electron chi connectivity index (χ2n) is 20.7. The summed E-state index contributed by atoms with van der Waals surface area (Å²) in [7, 11) is 1.68. The van der Waals surface area contributed by atoms with E-state index in [1.165, 1.54) is 225 Å². The van der Waals surface area contributed by atoms with Gasteiger partial charge < -0.3 is 18.9 Å². The summed E-state index contributed by atoms with van der Waals surface area (Å²) in [5.74, 6) is -0.309. The van der Waals surface area contributed by atoms with Gasteiger partial charge in [-0.3, -0.25) is 13.8 Å². The number of rotatable bonds is 54. The van der Waals surface area contributed by atoms with E-state index in [0.29, 0.717) is 24.1 Å². The molecule has 0 aliphatic heterocycles. The molecule has 0 fully saturated rings. The maximum absolute atomic E-state index is 12.8. The van der Waals surface area contributed by atoms with Crippen LogP contribution in [-0.4, -0.2) is 75.6 Å². The van der Waals surface area contributed by atoms with Crippen molar-refractivity contribution in [2.75, 3.05) is 54.1 Å². The van der Waals surface area contributed by atoms with Gasteiger partial charge in [-0.1, -0.05) is 231 Å². The van der Waals surface area contributed by atoms with Crippen LogP contribution in [0.25, 0.3) is 0 Å². The SMILES string of the molecule is CCCCCCCCC/C=C\CCCCCCCCCCOCC(COP(=O)(O)OCC[N+](C)(C)C)OC(=O)CCCCCCCCCCCCCCC/C=C\CCCCCCCCCC. The summed E-state index contributed by atoms with van der Waals surface area (Å²) in [5.41, 5.74) is 0. The lowest BCUT2D eigenvalue weighted by Crippen LogP contribution is -2.37. The lowest BCUT2D eigenvalue weighted by Gasteiger charge is -2.24. The number of hydrogen-bond acceptors (Lipinski definition) is 6. The fraction of sp³-hybridized carbons (Fsp3) is 0.912. The Balaban J connectivity index is 4.04. The monoisotopic (exact) mass is 955 g/mol. The molecule has 0 saturated carbocycles. The molecule has 0 saturated heterocycles. The van der Waals surface area contributed by atoms with E-state index in [1.54, 1.807) is 0 Å². The van der Waals surface area contributed by atoms with Gasteiger partial charge in [-0.25, -0.2) is 4.57 Å². The molecule has 0 aromatic carbocycles.